The maximum Gasteiger partial charge on any atom is 0.228 e. The van der Waals surface area contributed by atoms with Crippen LogP contribution in [0.2, 0.25) is 0 Å². The van der Waals surface area contributed by atoms with Crippen molar-refractivity contribution in [3.05, 3.63) is 11.7 Å². The number of aromatic nitrogens is 2. The number of rotatable bonds is 9. The Labute approximate surface area is 133 Å². The van der Waals surface area contributed by atoms with Crippen LogP contribution >= 0.6 is 11.8 Å². The average molecular weight is 314 g/mol. The molecule has 0 aromatic carbocycles. The molecule has 0 aliphatic heterocycles. The van der Waals surface area contributed by atoms with Crippen molar-refractivity contribution in [2.75, 3.05) is 6.54 Å². The summed E-state index contributed by atoms with van der Waals surface area (Å²) in [4.78, 5) is 4.54. The van der Waals surface area contributed by atoms with Crippen molar-refractivity contribution in [3.63, 3.8) is 0 Å². The Bertz CT molecular complexity index is 400. The molecule has 1 aromatic rings. The number of nitrogens with one attached hydrogen (secondary N) is 1. The molecule has 0 fully saturated rings. The zero-order valence-electron chi connectivity index (χ0n) is 14.4. The second-order valence-electron chi connectivity index (χ2n) is 6.71. The van der Waals surface area contributed by atoms with Gasteiger partial charge in [0.05, 0.1) is 5.75 Å². The first-order valence-corrected chi connectivity index (χ1v) is 9.08. The average Bonchev–Trinajstić information content (AvgIpc) is 2.87. The van der Waals surface area contributed by atoms with Crippen molar-refractivity contribution in [2.45, 2.75) is 77.8 Å². The molecule has 1 N–H and O–H groups in total. The Hall–Kier alpha value is -0.550. The van der Waals surface area contributed by atoms with Crippen LogP contribution in [-0.2, 0) is 12.2 Å². The van der Waals surface area contributed by atoms with E-state index in [2.05, 4.69) is 57.0 Å². The van der Waals surface area contributed by atoms with Gasteiger partial charge in [0.15, 0.2) is 5.82 Å². The molecule has 0 bridgehead atoms. The molecular weight excluding hydrogens is 282 g/mol. The third-order valence-corrected chi connectivity index (χ3v) is 4.97. The summed E-state index contributed by atoms with van der Waals surface area (Å²) >= 11 is 1.88. The van der Waals surface area contributed by atoms with E-state index < -0.39 is 0 Å². The van der Waals surface area contributed by atoms with Crippen LogP contribution in [0.3, 0.4) is 0 Å². The minimum absolute atomic E-state index is 0.176. The summed E-state index contributed by atoms with van der Waals surface area (Å²) < 4.78 is 5.42. The molecule has 0 aliphatic carbocycles. The first-order chi connectivity index (χ1) is 9.86. The lowest BCUT2D eigenvalue weighted by atomic mass is 9.84. The number of nitrogens with zero attached hydrogens (tertiary/aromatic N) is 2. The van der Waals surface area contributed by atoms with Gasteiger partial charge in [-0.15, -0.1) is 0 Å². The third-order valence-electron chi connectivity index (χ3n) is 3.65. The highest BCUT2D eigenvalue weighted by molar-refractivity contribution is 7.99. The van der Waals surface area contributed by atoms with Crippen molar-refractivity contribution in [1.29, 1.82) is 0 Å². The molecule has 5 heteroatoms. The lowest BCUT2D eigenvalue weighted by Crippen LogP contribution is -2.42. The molecule has 2 atom stereocenters. The predicted octanol–water partition coefficient (Wildman–Crippen LogP) is 4.06. The van der Waals surface area contributed by atoms with Crippen LogP contribution in [0.15, 0.2) is 4.52 Å². The Morgan fingerprint density at radius 2 is 2.00 bits per heavy atom. The zero-order valence-corrected chi connectivity index (χ0v) is 15.2. The topological polar surface area (TPSA) is 51.0 Å². The molecule has 0 saturated carbocycles. The highest BCUT2D eigenvalue weighted by atomic mass is 32.2. The van der Waals surface area contributed by atoms with Crippen LogP contribution in [0.4, 0.5) is 0 Å². The third kappa shape index (κ3) is 6.83. The van der Waals surface area contributed by atoms with E-state index in [1.165, 1.54) is 6.42 Å². The molecule has 0 radical (unpaired) electrons. The van der Waals surface area contributed by atoms with Gasteiger partial charge >= 0.3 is 0 Å². The Kier molecular flexibility index (Phi) is 7.74. The lowest BCUT2D eigenvalue weighted by Gasteiger charge is -2.30. The molecule has 122 valence electrons. The normalized spacial score (nSPS) is 15.1. The molecule has 0 aliphatic rings. The Morgan fingerprint density at radius 3 is 2.57 bits per heavy atom. The summed E-state index contributed by atoms with van der Waals surface area (Å²) in [5, 5.41) is 8.34. The molecule has 0 saturated heterocycles. The van der Waals surface area contributed by atoms with Gasteiger partial charge < -0.3 is 9.84 Å². The van der Waals surface area contributed by atoms with E-state index in [4.69, 9.17) is 4.52 Å². The fourth-order valence-electron chi connectivity index (χ4n) is 1.94. The quantitative estimate of drug-likeness (QED) is 0.745. The SMILES string of the molecule is CCCNC(Cc1nc(CSC(C)CC)no1)C(C)(C)C. The van der Waals surface area contributed by atoms with Gasteiger partial charge in [-0.05, 0) is 24.8 Å². The van der Waals surface area contributed by atoms with E-state index in [0.29, 0.717) is 11.3 Å². The molecule has 2 unspecified atom stereocenters. The van der Waals surface area contributed by atoms with E-state index in [1.807, 2.05) is 11.8 Å². The molecule has 0 spiro atoms. The minimum atomic E-state index is 0.176. The highest BCUT2D eigenvalue weighted by Crippen LogP contribution is 2.23. The minimum Gasteiger partial charge on any atom is -0.339 e. The van der Waals surface area contributed by atoms with Crippen LogP contribution in [0.5, 0.6) is 0 Å². The molecule has 4 nitrogen and oxygen atoms in total. The number of thioether (sulfide) groups is 1. The van der Waals surface area contributed by atoms with E-state index in [-0.39, 0.29) is 5.41 Å². The van der Waals surface area contributed by atoms with Gasteiger partial charge in [0.2, 0.25) is 5.89 Å². The van der Waals surface area contributed by atoms with Crippen LogP contribution < -0.4 is 5.32 Å². The summed E-state index contributed by atoms with van der Waals surface area (Å²) in [6, 6.07) is 0.355. The summed E-state index contributed by atoms with van der Waals surface area (Å²) in [7, 11) is 0. The summed E-state index contributed by atoms with van der Waals surface area (Å²) in [6.45, 7) is 14.4. The van der Waals surface area contributed by atoms with Crippen LogP contribution in [0.25, 0.3) is 0 Å². The summed E-state index contributed by atoms with van der Waals surface area (Å²) in [5.41, 5.74) is 0.176. The molecule has 1 heterocycles. The van der Waals surface area contributed by atoms with Crippen molar-refractivity contribution in [3.8, 4) is 0 Å². The first kappa shape index (κ1) is 18.5. The van der Waals surface area contributed by atoms with Gasteiger partial charge in [0.1, 0.15) is 0 Å². The molecule has 1 aromatic heterocycles. The van der Waals surface area contributed by atoms with Crippen molar-refractivity contribution in [1.82, 2.24) is 15.5 Å². The van der Waals surface area contributed by atoms with E-state index in [1.54, 1.807) is 0 Å². The first-order valence-electron chi connectivity index (χ1n) is 8.03. The Morgan fingerprint density at radius 1 is 1.29 bits per heavy atom. The second-order valence-corrected chi connectivity index (χ2v) is 8.14. The van der Waals surface area contributed by atoms with Gasteiger partial charge in [0.25, 0.3) is 0 Å². The lowest BCUT2D eigenvalue weighted by molar-refractivity contribution is 0.244. The van der Waals surface area contributed by atoms with Gasteiger partial charge in [-0.3, -0.25) is 0 Å². The molecule has 0 amide bonds. The maximum atomic E-state index is 5.42. The van der Waals surface area contributed by atoms with Crippen LogP contribution in [0, 0.1) is 5.41 Å². The summed E-state index contributed by atoms with van der Waals surface area (Å²) in [5.74, 6) is 2.40. The predicted molar refractivity (Wildman–Crippen MR) is 90.6 cm³/mol. The van der Waals surface area contributed by atoms with Crippen LogP contribution in [-0.4, -0.2) is 28.0 Å². The Balaban J connectivity index is 2.58. The van der Waals surface area contributed by atoms with Gasteiger partial charge in [-0.2, -0.15) is 16.7 Å². The second kappa shape index (κ2) is 8.79. The summed E-state index contributed by atoms with van der Waals surface area (Å²) in [6.07, 6.45) is 3.10. The van der Waals surface area contributed by atoms with E-state index in [9.17, 15) is 0 Å². The van der Waals surface area contributed by atoms with Gasteiger partial charge in [0, 0.05) is 17.7 Å². The van der Waals surface area contributed by atoms with Gasteiger partial charge in [-0.1, -0.05) is 46.7 Å². The standard InChI is InChI=1S/C16H31N3OS/c1-7-9-17-13(16(4,5)6)10-15-18-14(19-20-15)11-21-12(3)8-2/h12-13,17H,7-11H2,1-6H3. The van der Waals surface area contributed by atoms with E-state index >= 15 is 0 Å². The smallest absolute Gasteiger partial charge is 0.228 e. The fourth-order valence-corrected chi connectivity index (χ4v) is 2.73. The van der Waals surface area contributed by atoms with Crippen molar-refractivity contribution >= 4 is 11.8 Å². The zero-order chi connectivity index (χ0) is 15.9. The van der Waals surface area contributed by atoms with Crippen molar-refractivity contribution < 1.29 is 4.52 Å². The van der Waals surface area contributed by atoms with Crippen molar-refractivity contribution in [2.24, 2.45) is 5.41 Å². The number of hydrogen-bond acceptors (Lipinski definition) is 5. The van der Waals surface area contributed by atoms with Gasteiger partial charge in [-0.25, -0.2) is 0 Å². The highest BCUT2D eigenvalue weighted by Gasteiger charge is 2.26. The van der Waals surface area contributed by atoms with E-state index in [0.717, 1.165) is 36.9 Å². The molecule has 1 rings (SSSR count). The largest absolute Gasteiger partial charge is 0.339 e. The monoisotopic (exact) mass is 313 g/mol. The molecular formula is C16H31N3OS. The maximum absolute atomic E-state index is 5.42. The number of hydrogen-bond donors (Lipinski definition) is 1. The fraction of sp³-hybridized carbons (Fsp3) is 0.875. The van der Waals surface area contributed by atoms with Crippen LogP contribution in [0.1, 0.15) is 66.1 Å². The molecule has 21 heavy (non-hydrogen) atoms.